The molecule has 0 radical (unpaired) electrons. The first kappa shape index (κ1) is 17.6. The van der Waals surface area contributed by atoms with Gasteiger partial charge in [-0.25, -0.2) is 4.79 Å². The van der Waals surface area contributed by atoms with Crippen molar-refractivity contribution in [2.75, 3.05) is 19.6 Å². The maximum atomic E-state index is 12.4. The Hall–Kier alpha value is -1.75. The fraction of sp³-hybridized carbons (Fsp3) is 0.529. The van der Waals surface area contributed by atoms with Crippen molar-refractivity contribution in [3.05, 3.63) is 34.9 Å². The molecule has 1 N–H and O–H groups in total. The fourth-order valence-electron chi connectivity index (χ4n) is 2.71. The second kappa shape index (κ2) is 7.68. The van der Waals surface area contributed by atoms with Gasteiger partial charge in [0.25, 0.3) is 0 Å². The second-order valence-electron chi connectivity index (χ2n) is 6.33. The Balaban J connectivity index is 1.90. The monoisotopic (exact) mass is 337 g/mol. The standard InChI is InChI=1S/C17H24ClN3O2/c1-12(2)11-20-8-9-21(13(3)16(20)22)17(23)19-10-14-4-6-15(18)7-5-14/h4-7,12-13H,8-11H2,1-3H3,(H,19,23). The fourth-order valence-corrected chi connectivity index (χ4v) is 2.84. The topological polar surface area (TPSA) is 52.6 Å². The van der Waals surface area contributed by atoms with Crippen LogP contribution in [-0.4, -0.2) is 47.4 Å². The van der Waals surface area contributed by atoms with Gasteiger partial charge in [0.15, 0.2) is 0 Å². The molecule has 2 rings (SSSR count). The van der Waals surface area contributed by atoms with E-state index in [1.54, 1.807) is 24.0 Å². The van der Waals surface area contributed by atoms with Crippen LogP contribution in [0.1, 0.15) is 26.3 Å². The van der Waals surface area contributed by atoms with Crippen molar-refractivity contribution < 1.29 is 9.59 Å². The van der Waals surface area contributed by atoms with Gasteiger partial charge in [-0.3, -0.25) is 4.79 Å². The van der Waals surface area contributed by atoms with Crippen LogP contribution in [-0.2, 0) is 11.3 Å². The predicted octanol–water partition coefficient (Wildman–Crippen LogP) is 2.74. The van der Waals surface area contributed by atoms with Gasteiger partial charge in [0.05, 0.1) is 0 Å². The average molecular weight is 338 g/mol. The molecule has 1 aliphatic rings. The summed E-state index contributed by atoms with van der Waals surface area (Å²) in [5, 5.41) is 3.54. The molecule has 1 atom stereocenters. The van der Waals surface area contributed by atoms with Gasteiger partial charge >= 0.3 is 6.03 Å². The normalized spacial score (nSPS) is 18.5. The number of hydrogen-bond donors (Lipinski definition) is 1. The Morgan fingerprint density at radius 3 is 2.57 bits per heavy atom. The Kier molecular flexibility index (Phi) is 5.88. The number of carbonyl (C=O) groups excluding carboxylic acids is 2. The van der Waals surface area contributed by atoms with Crippen molar-refractivity contribution in [3.63, 3.8) is 0 Å². The van der Waals surface area contributed by atoms with Gasteiger partial charge < -0.3 is 15.1 Å². The van der Waals surface area contributed by atoms with Crippen LogP contribution < -0.4 is 5.32 Å². The molecule has 1 heterocycles. The third-order valence-electron chi connectivity index (χ3n) is 3.95. The summed E-state index contributed by atoms with van der Waals surface area (Å²) in [6, 6.07) is 6.70. The number of nitrogens with zero attached hydrogens (tertiary/aromatic N) is 2. The lowest BCUT2D eigenvalue weighted by atomic mass is 10.1. The molecule has 1 aliphatic heterocycles. The molecule has 1 aromatic carbocycles. The number of carbonyl (C=O) groups is 2. The number of amides is 3. The molecular formula is C17H24ClN3O2. The van der Waals surface area contributed by atoms with E-state index >= 15 is 0 Å². The van der Waals surface area contributed by atoms with E-state index in [0.717, 1.165) is 12.1 Å². The number of nitrogens with one attached hydrogen (secondary N) is 1. The van der Waals surface area contributed by atoms with E-state index in [-0.39, 0.29) is 11.9 Å². The van der Waals surface area contributed by atoms with Crippen LogP contribution in [0.3, 0.4) is 0 Å². The first-order chi connectivity index (χ1) is 10.9. The molecular weight excluding hydrogens is 314 g/mol. The van der Waals surface area contributed by atoms with Crippen LogP contribution in [0.5, 0.6) is 0 Å². The number of halogens is 1. The van der Waals surface area contributed by atoms with Gasteiger partial charge in [-0.05, 0) is 30.5 Å². The van der Waals surface area contributed by atoms with Crippen LogP contribution in [0.25, 0.3) is 0 Å². The molecule has 5 nitrogen and oxygen atoms in total. The van der Waals surface area contributed by atoms with Gasteiger partial charge in [0.1, 0.15) is 6.04 Å². The average Bonchev–Trinajstić information content (AvgIpc) is 2.51. The van der Waals surface area contributed by atoms with Gasteiger partial charge in [-0.15, -0.1) is 0 Å². The van der Waals surface area contributed by atoms with Crippen LogP contribution in [0, 0.1) is 5.92 Å². The van der Waals surface area contributed by atoms with Gasteiger partial charge in [-0.2, -0.15) is 0 Å². The summed E-state index contributed by atoms with van der Waals surface area (Å²) >= 11 is 5.84. The third-order valence-corrected chi connectivity index (χ3v) is 4.20. The Labute approximate surface area is 142 Å². The van der Waals surface area contributed by atoms with E-state index in [4.69, 9.17) is 11.6 Å². The highest BCUT2D eigenvalue weighted by molar-refractivity contribution is 6.30. The van der Waals surface area contributed by atoms with Crippen LogP contribution in [0.15, 0.2) is 24.3 Å². The number of piperazine rings is 1. The van der Waals surface area contributed by atoms with E-state index in [1.165, 1.54) is 0 Å². The number of benzene rings is 1. The molecule has 3 amide bonds. The highest BCUT2D eigenvalue weighted by Crippen LogP contribution is 2.14. The lowest BCUT2D eigenvalue weighted by Crippen LogP contribution is -2.59. The minimum Gasteiger partial charge on any atom is -0.339 e. The first-order valence-corrected chi connectivity index (χ1v) is 8.34. The van der Waals surface area contributed by atoms with E-state index in [9.17, 15) is 9.59 Å². The van der Waals surface area contributed by atoms with E-state index < -0.39 is 6.04 Å². The zero-order valence-electron chi connectivity index (χ0n) is 13.9. The molecule has 1 saturated heterocycles. The summed E-state index contributed by atoms with van der Waals surface area (Å²) in [7, 11) is 0. The quantitative estimate of drug-likeness (QED) is 0.918. The van der Waals surface area contributed by atoms with E-state index in [0.29, 0.717) is 30.6 Å². The van der Waals surface area contributed by atoms with Crippen LogP contribution >= 0.6 is 11.6 Å². The Morgan fingerprint density at radius 1 is 1.30 bits per heavy atom. The summed E-state index contributed by atoms with van der Waals surface area (Å²) in [6.07, 6.45) is 0. The molecule has 126 valence electrons. The lowest BCUT2D eigenvalue weighted by molar-refractivity contribution is -0.139. The molecule has 1 unspecified atom stereocenters. The lowest BCUT2D eigenvalue weighted by Gasteiger charge is -2.39. The van der Waals surface area contributed by atoms with Crippen LogP contribution in [0.2, 0.25) is 5.02 Å². The molecule has 0 aliphatic carbocycles. The molecule has 1 aromatic rings. The van der Waals surface area contributed by atoms with Crippen molar-refractivity contribution in [2.45, 2.75) is 33.4 Å². The molecule has 0 saturated carbocycles. The minimum atomic E-state index is -0.423. The van der Waals surface area contributed by atoms with Crippen LogP contribution in [0.4, 0.5) is 4.79 Å². The summed E-state index contributed by atoms with van der Waals surface area (Å²) in [5.74, 6) is 0.447. The summed E-state index contributed by atoms with van der Waals surface area (Å²) < 4.78 is 0. The maximum absolute atomic E-state index is 12.4. The molecule has 0 aromatic heterocycles. The SMILES string of the molecule is CC(C)CN1CCN(C(=O)NCc2ccc(Cl)cc2)C(C)C1=O. The number of hydrogen-bond acceptors (Lipinski definition) is 2. The second-order valence-corrected chi connectivity index (χ2v) is 6.77. The third kappa shape index (κ3) is 4.61. The van der Waals surface area contributed by atoms with Gasteiger partial charge in [-0.1, -0.05) is 37.6 Å². The van der Waals surface area contributed by atoms with E-state index in [1.807, 2.05) is 17.0 Å². The zero-order chi connectivity index (χ0) is 17.0. The summed E-state index contributed by atoms with van der Waals surface area (Å²) in [5.41, 5.74) is 0.972. The number of rotatable bonds is 4. The Bertz CT molecular complexity index is 559. The smallest absolute Gasteiger partial charge is 0.318 e. The number of urea groups is 1. The molecule has 0 bridgehead atoms. The largest absolute Gasteiger partial charge is 0.339 e. The van der Waals surface area contributed by atoms with Gasteiger partial charge in [0, 0.05) is 31.2 Å². The van der Waals surface area contributed by atoms with Gasteiger partial charge in [0.2, 0.25) is 5.91 Å². The van der Waals surface area contributed by atoms with Crippen molar-refractivity contribution in [3.8, 4) is 0 Å². The highest BCUT2D eigenvalue weighted by Gasteiger charge is 2.34. The minimum absolute atomic E-state index is 0.0200. The zero-order valence-corrected chi connectivity index (χ0v) is 14.6. The van der Waals surface area contributed by atoms with Crippen molar-refractivity contribution in [1.29, 1.82) is 0 Å². The molecule has 6 heteroatoms. The molecule has 1 fully saturated rings. The van der Waals surface area contributed by atoms with Crippen molar-refractivity contribution in [1.82, 2.24) is 15.1 Å². The first-order valence-electron chi connectivity index (χ1n) is 7.96. The highest BCUT2D eigenvalue weighted by atomic mass is 35.5. The predicted molar refractivity (Wildman–Crippen MR) is 91.3 cm³/mol. The molecule has 23 heavy (non-hydrogen) atoms. The summed E-state index contributed by atoms with van der Waals surface area (Å²) in [6.45, 7) is 8.28. The summed E-state index contributed by atoms with van der Waals surface area (Å²) in [4.78, 5) is 28.2. The van der Waals surface area contributed by atoms with Crippen molar-refractivity contribution >= 4 is 23.5 Å². The molecule has 0 spiro atoms. The maximum Gasteiger partial charge on any atom is 0.318 e. The van der Waals surface area contributed by atoms with E-state index in [2.05, 4.69) is 19.2 Å². The van der Waals surface area contributed by atoms with Crippen molar-refractivity contribution in [2.24, 2.45) is 5.92 Å². The Morgan fingerprint density at radius 2 is 1.96 bits per heavy atom.